The Labute approximate surface area is 180 Å². The molecule has 1 amide bonds. The third kappa shape index (κ3) is 5.13. The first-order valence-corrected chi connectivity index (χ1v) is 11.1. The molecule has 1 N–H and O–H groups in total. The summed E-state index contributed by atoms with van der Waals surface area (Å²) in [7, 11) is 0. The van der Waals surface area contributed by atoms with E-state index in [1.54, 1.807) is 11.3 Å². The number of piperazine rings is 1. The van der Waals surface area contributed by atoms with E-state index in [1.807, 2.05) is 48.7 Å². The first-order chi connectivity index (χ1) is 14.6. The van der Waals surface area contributed by atoms with Crippen LogP contribution in [0.5, 0.6) is 0 Å². The van der Waals surface area contributed by atoms with Gasteiger partial charge in [0.1, 0.15) is 0 Å². The summed E-state index contributed by atoms with van der Waals surface area (Å²) in [6, 6.07) is 12.0. The zero-order chi connectivity index (χ0) is 20.9. The number of aryl methyl sites for hydroxylation is 1. The molecule has 1 aromatic carbocycles. The van der Waals surface area contributed by atoms with E-state index < -0.39 is 0 Å². The van der Waals surface area contributed by atoms with Gasteiger partial charge in [0, 0.05) is 36.6 Å². The second-order valence-corrected chi connectivity index (χ2v) is 8.70. The van der Waals surface area contributed by atoms with Crippen molar-refractivity contribution in [1.82, 2.24) is 25.3 Å². The van der Waals surface area contributed by atoms with Crippen LogP contribution in [0.2, 0.25) is 0 Å². The smallest absolute Gasteiger partial charge is 0.241 e. The predicted molar refractivity (Wildman–Crippen MR) is 117 cm³/mol. The van der Waals surface area contributed by atoms with Crippen LogP contribution < -0.4 is 5.32 Å². The normalized spacial score (nSPS) is 16.5. The third-order valence-corrected chi connectivity index (χ3v) is 6.36. The lowest BCUT2D eigenvalue weighted by molar-refractivity contribution is -0.126. The Morgan fingerprint density at radius 2 is 1.97 bits per heavy atom. The molecule has 4 rings (SSSR count). The summed E-state index contributed by atoms with van der Waals surface area (Å²) < 4.78 is 5.45. The number of carbonyl (C=O) groups is 1. The van der Waals surface area contributed by atoms with Crippen LogP contribution in [-0.2, 0) is 17.9 Å². The van der Waals surface area contributed by atoms with Crippen LogP contribution in [0.15, 0.2) is 46.3 Å². The van der Waals surface area contributed by atoms with Crippen molar-refractivity contribution < 1.29 is 9.32 Å². The first kappa shape index (κ1) is 20.7. The predicted octanol–water partition coefficient (Wildman–Crippen LogP) is 2.93. The van der Waals surface area contributed by atoms with Crippen molar-refractivity contribution in [3.63, 3.8) is 0 Å². The number of nitrogens with zero attached hydrogens (tertiary/aromatic N) is 4. The first-order valence-electron chi connectivity index (χ1n) is 10.2. The number of thiophene rings is 1. The summed E-state index contributed by atoms with van der Waals surface area (Å²) in [5.41, 5.74) is 2.16. The van der Waals surface area contributed by atoms with Gasteiger partial charge in [-0.2, -0.15) is 4.98 Å². The largest absolute Gasteiger partial charge is 0.350 e. The van der Waals surface area contributed by atoms with Gasteiger partial charge in [0.2, 0.25) is 17.6 Å². The highest BCUT2D eigenvalue weighted by Gasteiger charge is 2.26. The second-order valence-electron chi connectivity index (χ2n) is 7.66. The monoisotopic (exact) mass is 425 g/mol. The van der Waals surface area contributed by atoms with Crippen LogP contribution in [0, 0.1) is 6.92 Å². The van der Waals surface area contributed by atoms with Gasteiger partial charge in [0.25, 0.3) is 0 Å². The Bertz CT molecular complexity index is 946. The lowest BCUT2D eigenvalue weighted by Gasteiger charge is -2.36. The molecule has 1 unspecified atom stereocenters. The molecule has 0 saturated carbocycles. The van der Waals surface area contributed by atoms with E-state index in [1.165, 1.54) is 10.4 Å². The fourth-order valence-corrected chi connectivity index (χ4v) is 4.18. The number of nitrogens with one attached hydrogen (secondary N) is 1. The van der Waals surface area contributed by atoms with Gasteiger partial charge in [-0.15, -0.1) is 11.3 Å². The van der Waals surface area contributed by atoms with Crippen LogP contribution in [0.3, 0.4) is 0 Å². The molecular weight excluding hydrogens is 398 g/mol. The Balaban J connectivity index is 1.24. The zero-order valence-electron chi connectivity index (χ0n) is 17.4. The molecule has 2 aromatic heterocycles. The number of amides is 1. The minimum atomic E-state index is -0.136. The molecule has 1 saturated heterocycles. The molecule has 158 valence electrons. The van der Waals surface area contributed by atoms with E-state index in [0.717, 1.165) is 31.7 Å². The van der Waals surface area contributed by atoms with Crippen molar-refractivity contribution in [3.8, 4) is 11.4 Å². The molecule has 0 aliphatic carbocycles. The molecule has 7 nitrogen and oxygen atoms in total. The van der Waals surface area contributed by atoms with Crippen LogP contribution in [-0.4, -0.2) is 58.1 Å². The number of aromatic nitrogens is 2. The van der Waals surface area contributed by atoms with E-state index in [0.29, 0.717) is 24.8 Å². The van der Waals surface area contributed by atoms with Crippen molar-refractivity contribution >= 4 is 17.2 Å². The molecule has 30 heavy (non-hydrogen) atoms. The Hall–Kier alpha value is -2.55. The van der Waals surface area contributed by atoms with Gasteiger partial charge in [-0.25, -0.2) is 0 Å². The fraction of sp³-hybridized carbons (Fsp3) is 0.409. The summed E-state index contributed by atoms with van der Waals surface area (Å²) in [6.07, 6.45) is 0. The average molecular weight is 426 g/mol. The van der Waals surface area contributed by atoms with Crippen molar-refractivity contribution in [1.29, 1.82) is 0 Å². The van der Waals surface area contributed by atoms with Gasteiger partial charge in [-0.05, 0) is 25.3 Å². The number of hydrogen-bond donors (Lipinski definition) is 1. The van der Waals surface area contributed by atoms with Crippen molar-refractivity contribution in [2.75, 3.05) is 26.2 Å². The van der Waals surface area contributed by atoms with Gasteiger partial charge in [-0.3, -0.25) is 14.6 Å². The number of rotatable bonds is 7. The van der Waals surface area contributed by atoms with Gasteiger partial charge in [0.05, 0.1) is 19.1 Å². The van der Waals surface area contributed by atoms with E-state index in [4.69, 9.17) is 4.52 Å². The van der Waals surface area contributed by atoms with Gasteiger partial charge < -0.3 is 9.84 Å². The zero-order valence-corrected chi connectivity index (χ0v) is 18.2. The summed E-state index contributed by atoms with van der Waals surface area (Å²) in [5.74, 6) is 1.33. The molecule has 8 heteroatoms. The van der Waals surface area contributed by atoms with Crippen LogP contribution in [0.4, 0.5) is 0 Å². The highest BCUT2D eigenvalue weighted by atomic mass is 32.1. The summed E-state index contributed by atoms with van der Waals surface area (Å²) in [4.78, 5) is 22.7. The molecule has 1 aliphatic rings. The molecular formula is C22H27N5O2S. The molecule has 1 aliphatic heterocycles. The molecule has 3 aromatic rings. The van der Waals surface area contributed by atoms with E-state index in [9.17, 15) is 4.79 Å². The SMILES string of the molecule is Cc1ccc(-c2noc(CN3CCN(C(C)C(=O)NCc4cccs4)CC3)n2)cc1. The van der Waals surface area contributed by atoms with Gasteiger partial charge >= 0.3 is 0 Å². The van der Waals surface area contributed by atoms with Gasteiger partial charge in [-0.1, -0.05) is 41.1 Å². The summed E-state index contributed by atoms with van der Waals surface area (Å²) >= 11 is 1.66. The fourth-order valence-electron chi connectivity index (χ4n) is 3.54. The maximum Gasteiger partial charge on any atom is 0.241 e. The Kier molecular flexibility index (Phi) is 6.56. The maximum absolute atomic E-state index is 12.5. The van der Waals surface area contributed by atoms with Crippen LogP contribution in [0.25, 0.3) is 11.4 Å². The summed E-state index contributed by atoms with van der Waals surface area (Å²) in [5, 5.41) is 9.18. The molecule has 1 atom stereocenters. The Morgan fingerprint density at radius 3 is 2.67 bits per heavy atom. The second kappa shape index (κ2) is 9.51. The molecule has 1 fully saturated rings. The van der Waals surface area contributed by atoms with E-state index >= 15 is 0 Å². The lowest BCUT2D eigenvalue weighted by atomic mass is 10.1. The van der Waals surface area contributed by atoms with E-state index in [-0.39, 0.29) is 11.9 Å². The number of benzene rings is 1. The quantitative estimate of drug-likeness (QED) is 0.627. The standard InChI is InChI=1S/C22H27N5O2S/c1-16-5-7-18(8-6-16)21-24-20(29-25-21)15-26-9-11-27(12-10-26)17(2)22(28)23-14-19-4-3-13-30-19/h3-8,13,17H,9-12,14-15H2,1-2H3,(H,23,28). The van der Waals surface area contributed by atoms with E-state index in [2.05, 4.69) is 32.2 Å². The molecule has 0 spiro atoms. The van der Waals surface area contributed by atoms with Crippen LogP contribution in [0.1, 0.15) is 23.3 Å². The van der Waals surface area contributed by atoms with Crippen molar-refractivity contribution in [2.45, 2.75) is 33.0 Å². The molecule has 0 radical (unpaired) electrons. The highest BCUT2D eigenvalue weighted by Crippen LogP contribution is 2.17. The number of hydrogen-bond acceptors (Lipinski definition) is 7. The molecule has 3 heterocycles. The summed E-state index contributed by atoms with van der Waals surface area (Å²) in [6.45, 7) is 8.67. The average Bonchev–Trinajstić information content (AvgIpc) is 3.45. The minimum absolute atomic E-state index is 0.0801. The van der Waals surface area contributed by atoms with Crippen molar-refractivity contribution in [3.05, 3.63) is 58.1 Å². The van der Waals surface area contributed by atoms with Crippen LogP contribution >= 0.6 is 11.3 Å². The minimum Gasteiger partial charge on any atom is -0.350 e. The number of carbonyl (C=O) groups excluding carboxylic acids is 1. The van der Waals surface area contributed by atoms with Crippen molar-refractivity contribution in [2.24, 2.45) is 0 Å². The lowest BCUT2D eigenvalue weighted by Crippen LogP contribution is -2.53. The maximum atomic E-state index is 12.5. The van der Waals surface area contributed by atoms with Gasteiger partial charge in [0.15, 0.2) is 0 Å². The third-order valence-electron chi connectivity index (χ3n) is 5.49. The Morgan fingerprint density at radius 1 is 1.20 bits per heavy atom. The highest BCUT2D eigenvalue weighted by molar-refractivity contribution is 7.09. The molecule has 0 bridgehead atoms. The topological polar surface area (TPSA) is 74.5 Å².